The first-order valence-electron chi connectivity index (χ1n) is 7.68. The maximum atomic E-state index is 5.82. The third-order valence-electron chi connectivity index (χ3n) is 4.14. The van der Waals surface area contributed by atoms with Crippen molar-refractivity contribution in [3.63, 3.8) is 0 Å². The summed E-state index contributed by atoms with van der Waals surface area (Å²) in [5, 5.41) is 4.97. The number of nitrogens with zero attached hydrogens (tertiary/aromatic N) is 2. The third-order valence-corrected chi connectivity index (χ3v) is 4.14. The van der Waals surface area contributed by atoms with E-state index >= 15 is 0 Å². The molecule has 2 rings (SSSR count). The van der Waals surface area contributed by atoms with Crippen molar-refractivity contribution in [2.24, 2.45) is 5.73 Å². The summed E-state index contributed by atoms with van der Waals surface area (Å²) in [6.07, 6.45) is 4.83. The van der Waals surface area contributed by atoms with Gasteiger partial charge in [-0.2, -0.15) is 5.10 Å². The molecule has 1 atom stereocenters. The Bertz CT molecular complexity index is 438. The van der Waals surface area contributed by atoms with Crippen LogP contribution < -0.4 is 5.73 Å². The predicted molar refractivity (Wildman–Crippen MR) is 80.7 cm³/mol. The minimum atomic E-state index is 0.119. The highest BCUT2D eigenvalue weighted by atomic mass is 15.3. The summed E-state index contributed by atoms with van der Waals surface area (Å²) >= 11 is 0. The summed E-state index contributed by atoms with van der Waals surface area (Å²) < 4.78 is 2.26. The molecule has 1 unspecified atom stereocenters. The topological polar surface area (TPSA) is 43.8 Å². The third kappa shape index (κ3) is 2.71. The molecule has 0 fully saturated rings. The molecule has 0 aromatic carbocycles. The lowest BCUT2D eigenvalue weighted by atomic mass is 9.78. The molecule has 3 nitrogen and oxygen atoms in total. The summed E-state index contributed by atoms with van der Waals surface area (Å²) in [6, 6.07) is 0.446. The van der Waals surface area contributed by atoms with Crippen LogP contribution in [-0.2, 0) is 11.8 Å². The maximum Gasteiger partial charge on any atom is 0.0715 e. The van der Waals surface area contributed by atoms with E-state index in [1.165, 1.54) is 36.2 Å². The van der Waals surface area contributed by atoms with Crippen LogP contribution in [-0.4, -0.2) is 16.3 Å². The largest absolute Gasteiger partial charge is 0.330 e. The first-order chi connectivity index (χ1) is 8.86. The summed E-state index contributed by atoms with van der Waals surface area (Å²) in [7, 11) is 0. The normalized spacial score (nSPS) is 19.8. The molecule has 3 heteroatoms. The van der Waals surface area contributed by atoms with Gasteiger partial charge in [0.25, 0.3) is 0 Å². The molecule has 1 aliphatic rings. The Kier molecular flexibility index (Phi) is 4.05. The maximum absolute atomic E-state index is 5.82. The van der Waals surface area contributed by atoms with Gasteiger partial charge in [-0.3, -0.25) is 4.68 Å². The van der Waals surface area contributed by atoms with Gasteiger partial charge < -0.3 is 5.73 Å². The zero-order chi connectivity index (χ0) is 14.2. The molecule has 1 aromatic rings. The molecule has 1 heterocycles. The standard InChI is InChI=1S/C16H29N3/c1-11(2)19-13-8-6-7-12(9-10-17)14(13)15(18-19)16(3,4)5/h11-12H,6-10,17H2,1-5H3. The van der Waals surface area contributed by atoms with Crippen LogP contribution in [0, 0.1) is 0 Å². The van der Waals surface area contributed by atoms with Gasteiger partial charge in [0.15, 0.2) is 0 Å². The second-order valence-electron chi connectivity index (χ2n) is 7.16. The fourth-order valence-electron chi connectivity index (χ4n) is 3.29. The second-order valence-corrected chi connectivity index (χ2v) is 7.16. The summed E-state index contributed by atoms with van der Waals surface area (Å²) in [5.74, 6) is 0.621. The monoisotopic (exact) mass is 263 g/mol. The Labute approximate surface area is 117 Å². The van der Waals surface area contributed by atoms with Crippen LogP contribution >= 0.6 is 0 Å². The molecule has 0 bridgehead atoms. The summed E-state index contributed by atoms with van der Waals surface area (Å²) in [5.41, 5.74) is 10.2. The van der Waals surface area contributed by atoms with E-state index < -0.39 is 0 Å². The van der Waals surface area contributed by atoms with Crippen molar-refractivity contribution in [2.45, 2.75) is 77.7 Å². The van der Waals surface area contributed by atoms with E-state index in [1.807, 2.05) is 0 Å². The van der Waals surface area contributed by atoms with Gasteiger partial charge in [0.2, 0.25) is 0 Å². The molecule has 0 saturated carbocycles. The van der Waals surface area contributed by atoms with Gasteiger partial charge in [-0.25, -0.2) is 0 Å². The number of hydrogen-bond donors (Lipinski definition) is 1. The molecule has 2 N–H and O–H groups in total. The van der Waals surface area contributed by atoms with Gasteiger partial charge in [-0.15, -0.1) is 0 Å². The Morgan fingerprint density at radius 2 is 2.05 bits per heavy atom. The Hall–Kier alpha value is -0.830. The van der Waals surface area contributed by atoms with Crippen molar-refractivity contribution in [2.75, 3.05) is 6.54 Å². The Morgan fingerprint density at radius 1 is 1.37 bits per heavy atom. The molecule has 19 heavy (non-hydrogen) atoms. The molecule has 1 aliphatic carbocycles. The highest BCUT2D eigenvalue weighted by Crippen LogP contribution is 2.40. The van der Waals surface area contributed by atoms with Crippen LogP contribution in [0.1, 0.15) is 82.8 Å². The zero-order valence-electron chi connectivity index (χ0n) is 13.2. The average molecular weight is 263 g/mol. The zero-order valence-corrected chi connectivity index (χ0v) is 13.2. The lowest BCUT2D eigenvalue weighted by Crippen LogP contribution is -2.20. The highest BCUT2D eigenvalue weighted by Gasteiger charge is 2.33. The van der Waals surface area contributed by atoms with E-state index in [1.54, 1.807) is 0 Å². The molecule has 0 aliphatic heterocycles. The van der Waals surface area contributed by atoms with Crippen molar-refractivity contribution in [1.29, 1.82) is 0 Å². The summed E-state index contributed by atoms with van der Waals surface area (Å²) in [4.78, 5) is 0. The average Bonchev–Trinajstić information content (AvgIpc) is 2.69. The predicted octanol–water partition coefficient (Wildman–Crippen LogP) is 3.53. The van der Waals surface area contributed by atoms with Crippen molar-refractivity contribution in [3.05, 3.63) is 17.0 Å². The minimum Gasteiger partial charge on any atom is -0.330 e. The van der Waals surface area contributed by atoms with Gasteiger partial charge in [0, 0.05) is 22.7 Å². The van der Waals surface area contributed by atoms with Crippen molar-refractivity contribution in [3.8, 4) is 0 Å². The first kappa shape index (κ1) is 14.6. The smallest absolute Gasteiger partial charge is 0.0715 e. The minimum absolute atomic E-state index is 0.119. The summed E-state index contributed by atoms with van der Waals surface area (Å²) in [6.45, 7) is 12.1. The van der Waals surface area contributed by atoms with E-state index in [-0.39, 0.29) is 5.41 Å². The van der Waals surface area contributed by atoms with Gasteiger partial charge in [0.1, 0.15) is 0 Å². The molecular weight excluding hydrogens is 234 g/mol. The van der Waals surface area contributed by atoms with Crippen LogP contribution in [0.15, 0.2) is 0 Å². The first-order valence-corrected chi connectivity index (χ1v) is 7.68. The van der Waals surface area contributed by atoms with E-state index in [0.717, 1.165) is 13.0 Å². The van der Waals surface area contributed by atoms with Crippen molar-refractivity contribution >= 4 is 0 Å². The number of fused-ring (bicyclic) bond motifs is 1. The number of aromatic nitrogens is 2. The van der Waals surface area contributed by atoms with Crippen LogP contribution in [0.2, 0.25) is 0 Å². The van der Waals surface area contributed by atoms with E-state index in [2.05, 4.69) is 39.3 Å². The van der Waals surface area contributed by atoms with Gasteiger partial charge in [-0.05, 0) is 52.0 Å². The van der Waals surface area contributed by atoms with Gasteiger partial charge >= 0.3 is 0 Å². The van der Waals surface area contributed by atoms with Crippen LogP contribution in [0.3, 0.4) is 0 Å². The fourth-order valence-corrected chi connectivity index (χ4v) is 3.29. The van der Waals surface area contributed by atoms with Gasteiger partial charge in [0.05, 0.1) is 5.69 Å². The molecule has 0 spiro atoms. The molecule has 1 aromatic heterocycles. The highest BCUT2D eigenvalue weighted by molar-refractivity contribution is 5.36. The molecular formula is C16H29N3. The van der Waals surface area contributed by atoms with Crippen molar-refractivity contribution in [1.82, 2.24) is 9.78 Å². The Balaban J connectivity index is 2.56. The van der Waals surface area contributed by atoms with Crippen LogP contribution in [0.4, 0.5) is 0 Å². The molecule has 0 amide bonds. The Morgan fingerprint density at radius 3 is 2.58 bits per heavy atom. The quantitative estimate of drug-likeness (QED) is 0.906. The fraction of sp³-hybridized carbons (Fsp3) is 0.812. The number of hydrogen-bond acceptors (Lipinski definition) is 2. The van der Waals surface area contributed by atoms with Crippen LogP contribution in [0.5, 0.6) is 0 Å². The second kappa shape index (κ2) is 5.28. The van der Waals surface area contributed by atoms with E-state index in [9.17, 15) is 0 Å². The number of rotatable bonds is 3. The van der Waals surface area contributed by atoms with Gasteiger partial charge in [-0.1, -0.05) is 20.8 Å². The van der Waals surface area contributed by atoms with E-state index in [4.69, 9.17) is 10.8 Å². The molecule has 108 valence electrons. The van der Waals surface area contributed by atoms with Crippen LogP contribution in [0.25, 0.3) is 0 Å². The molecule has 0 radical (unpaired) electrons. The lowest BCUT2D eigenvalue weighted by molar-refractivity contribution is 0.467. The molecule has 0 saturated heterocycles. The number of nitrogens with two attached hydrogens (primary N) is 1. The SMILES string of the molecule is CC(C)n1nc(C(C)(C)C)c2c1CCCC2CCN. The lowest BCUT2D eigenvalue weighted by Gasteiger charge is -2.27. The van der Waals surface area contributed by atoms with E-state index in [0.29, 0.717) is 12.0 Å². The van der Waals surface area contributed by atoms with Crippen molar-refractivity contribution < 1.29 is 0 Å².